The van der Waals surface area contributed by atoms with Gasteiger partial charge < -0.3 is 35.5 Å². The van der Waals surface area contributed by atoms with Crippen molar-refractivity contribution in [3.63, 3.8) is 0 Å². The maximum Gasteiger partial charge on any atom is 0.274 e. The molecule has 2 aliphatic heterocycles. The molecule has 0 unspecified atom stereocenters. The Kier molecular flexibility index (Phi) is 10.6. The van der Waals surface area contributed by atoms with Crippen LogP contribution in [0.4, 0.5) is 4.39 Å². The van der Waals surface area contributed by atoms with Crippen molar-refractivity contribution < 1.29 is 37.7 Å². The number of aromatic nitrogens is 1. The SMILES string of the molecule is Cc1cc(C(=O)N[C@H]2CCCNC(=O)[C@H]3CCN(C3)C(=O)CC[C@@H](C=O)NC(=O)[C@H](Cc3ccc(F)cc3)NC2=O)no1. The van der Waals surface area contributed by atoms with Gasteiger partial charge in [0.1, 0.15) is 29.9 Å². The Morgan fingerprint density at radius 3 is 2.56 bits per heavy atom. The number of rotatable bonds is 5. The Morgan fingerprint density at radius 1 is 1.09 bits per heavy atom. The van der Waals surface area contributed by atoms with E-state index in [0.29, 0.717) is 37.0 Å². The van der Waals surface area contributed by atoms with Gasteiger partial charge in [-0.2, -0.15) is 0 Å². The van der Waals surface area contributed by atoms with Gasteiger partial charge in [-0.3, -0.25) is 24.0 Å². The van der Waals surface area contributed by atoms with Gasteiger partial charge in [-0.25, -0.2) is 4.39 Å². The standard InChI is InChI=1S/C29H35FN6O7/c1-17-13-24(35-43-17)29(42)33-22-3-2-11-31-26(39)19-10-12-36(15-19)25(38)9-8-21(16-37)32-28(41)23(34-27(22)40)14-18-4-6-20(30)7-5-18/h4-7,13,16,19,21-23H,2-3,8-12,14-15H2,1H3,(H,31,39)(H,32,41)(H,33,42)(H,34,40)/t19-,21-,22-,23-/m0/s1. The topological polar surface area (TPSA) is 180 Å². The molecule has 4 atom stereocenters. The molecule has 43 heavy (non-hydrogen) atoms. The third kappa shape index (κ3) is 8.69. The average molecular weight is 599 g/mol. The molecule has 0 saturated carbocycles. The summed E-state index contributed by atoms with van der Waals surface area (Å²) in [4.78, 5) is 78.6. The van der Waals surface area contributed by atoms with E-state index in [9.17, 15) is 33.2 Å². The molecule has 2 bridgehead atoms. The zero-order valence-electron chi connectivity index (χ0n) is 23.8. The lowest BCUT2D eigenvalue weighted by atomic mass is 10.0. The van der Waals surface area contributed by atoms with Gasteiger partial charge >= 0.3 is 0 Å². The van der Waals surface area contributed by atoms with Crippen LogP contribution in [0.25, 0.3) is 0 Å². The van der Waals surface area contributed by atoms with Crippen molar-refractivity contribution >= 4 is 35.8 Å². The largest absolute Gasteiger partial charge is 0.361 e. The van der Waals surface area contributed by atoms with Gasteiger partial charge in [0.15, 0.2) is 5.69 Å². The molecule has 1 aromatic heterocycles. The van der Waals surface area contributed by atoms with Crippen molar-refractivity contribution in [1.82, 2.24) is 31.3 Å². The van der Waals surface area contributed by atoms with E-state index in [1.165, 1.54) is 30.3 Å². The summed E-state index contributed by atoms with van der Waals surface area (Å²) >= 11 is 0. The lowest BCUT2D eigenvalue weighted by Gasteiger charge is -2.25. The number of nitrogens with zero attached hydrogens (tertiary/aromatic N) is 2. The Balaban J connectivity index is 1.57. The molecule has 5 amide bonds. The van der Waals surface area contributed by atoms with E-state index in [1.54, 1.807) is 11.8 Å². The summed E-state index contributed by atoms with van der Waals surface area (Å²) in [5.41, 5.74) is 0.500. The minimum atomic E-state index is -1.21. The first-order valence-corrected chi connectivity index (χ1v) is 14.2. The maximum atomic E-state index is 13.5. The van der Waals surface area contributed by atoms with Crippen LogP contribution in [0.3, 0.4) is 0 Å². The smallest absolute Gasteiger partial charge is 0.274 e. The molecule has 13 nitrogen and oxygen atoms in total. The van der Waals surface area contributed by atoms with E-state index in [2.05, 4.69) is 26.4 Å². The first kappa shape index (κ1) is 31.3. The van der Waals surface area contributed by atoms with Gasteiger partial charge in [-0.05, 0) is 50.3 Å². The molecule has 2 saturated heterocycles. The third-order valence-corrected chi connectivity index (χ3v) is 7.51. The van der Waals surface area contributed by atoms with Crippen LogP contribution in [0.5, 0.6) is 0 Å². The van der Waals surface area contributed by atoms with Crippen LogP contribution in [0.15, 0.2) is 34.9 Å². The van der Waals surface area contributed by atoms with Gasteiger partial charge in [0.25, 0.3) is 5.91 Å². The summed E-state index contributed by atoms with van der Waals surface area (Å²) in [5, 5.41) is 14.4. The molecule has 3 heterocycles. The van der Waals surface area contributed by atoms with E-state index >= 15 is 0 Å². The van der Waals surface area contributed by atoms with Crippen LogP contribution in [0, 0.1) is 18.7 Å². The van der Waals surface area contributed by atoms with Crippen LogP contribution in [0.1, 0.15) is 53.9 Å². The number of halogens is 1. The molecular formula is C29H35FN6O7. The van der Waals surface area contributed by atoms with Gasteiger partial charge in [-0.1, -0.05) is 17.3 Å². The zero-order chi connectivity index (χ0) is 30.9. The Hall–Kier alpha value is -4.62. The highest BCUT2D eigenvalue weighted by molar-refractivity contribution is 5.97. The number of fused-ring (bicyclic) bond motifs is 2. The second-order valence-corrected chi connectivity index (χ2v) is 10.8. The maximum absolute atomic E-state index is 13.5. The van der Waals surface area contributed by atoms with E-state index in [1.807, 2.05) is 0 Å². The fraction of sp³-hybridized carbons (Fsp3) is 0.483. The molecule has 2 aromatic rings. The number of hydrogen-bond acceptors (Lipinski definition) is 8. The number of carbonyl (C=O) groups excluding carboxylic acids is 6. The first-order valence-electron chi connectivity index (χ1n) is 14.2. The number of nitrogens with one attached hydrogen (secondary N) is 4. The third-order valence-electron chi connectivity index (χ3n) is 7.51. The Bertz CT molecular complexity index is 1350. The summed E-state index contributed by atoms with van der Waals surface area (Å²) in [6.45, 7) is 2.48. The Morgan fingerprint density at radius 2 is 1.86 bits per heavy atom. The summed E-state index contributed by atoms with van der Waals surface area (Å²) in [5.74, 6) is -2.94. The fourth-order valence-electron chi connectivity index (χ4n) is 5.07. The summed E-state index contributed by atoms with van der Waals surface area (Å²) < 4.78 is 18.5. The highest BCUT2D eigenvalue weighted by Crippen LogP contribution is 2.18. The van der Waals surface area contributed by atoms with Crippen molar-refractivity contribution in [3.05, 3.63) is 53.2 Å². The molecule has 230 valence electrons. The predicted octanol–water partition coefficient (Wildman–Crippen LogP) is 0.170. The number of aryl methyl sites for hydroxylation is 1. The molecular weight excluding hydrogens is 563 g/mol. The fourth-order valence-corrected chi connectivity index (χ4v) is 5.07. The van der Waals surface area contributed by atoms with Crippen molar-refractivity contribution in [1.29, 1.82) is 0 Å². The molecule has 1 aromatic carbocycles. The van der Waals surface area contributed by atoms with Gasteiger partial charge in [0.05, 0.1) is 12.0 Å². The normalized spacial score (nSPS) is 24.3. The number of aldehydes is 1. The van der Waals surface area contributed by atoms with Crippen molar-refractivity contribution in [3.8, 4) is 0 Å². The van der Waals surface area contributed by atoms with E-state index in [0.717, 1.165) is 0 Å². The molecule has 0 spiro atoms. The lowest BCUT2D eigenvalue weighted by molar-refractivity contribution is -0.132. The van der Waals surface area contributed by atoms with E-state index in [-0.39, 0.29) is 62.2 Å². The summed E-state index contributed by atoms with van der Waals surface area (Å²) in [6, 6.07) is 3.44. The quantitative estimate of drug-likeness (QED) is 0.352. The minimum absolute atomic E-state index is 0.0223. The number of hydrogen-bond donors (Lipinski definition) is 4. The molecule has 2 fully saturated rings. The van der Waals surface area contributed by atoms with Crippen molar-refractivity contribution in [2.24, 2.45) is 5.92 Å². The number of amides is 5. The molecule has 2 aliphatic rings. The predicted molar refractivity (Wildman–Crippen MR) is 149 cm³/mol. The molecule has 4 N–H and O–H groups in total. The lowest BCUT2D eigenvalue weighted by Crippen LogP contribution is -2.56. The second-order valence-electron chi connectivity index (χ2n) is 10.8. The number of carbonyl (C=O) groups is 6. The van der Waals surface area contributed by atoms with Crippen molar-refractivity contribution in [2.75, 3.05) is 19.6 Å². The molecule has 0 radical (unpaired) electrons. The first-order chi connectivity index (χ1) is 20.6. The highest BCUT2D eigenvalue weighted by atomic mass is 19.1. The van der Waals surface area contributed by atoms with Crippen molar-refractivity contribution in [2.45, 2.75) is 63.6 Å². The van der Waals surface area contributed by atoms with Crippen LogP contribution in [0.2, 0.25) is 0 Å². The van der Waals surface area contributed by atoms with Crippen LogP contribution in [-0.4, -0.2) is 83.6 Å². The van der Waals surface area contributed by atoms with Crippen LogP contribution in [-0.2, 0) is 30.4 Å². The molecule has 4 rings (SSSR count). The minimum Gasteiger partial charge on any atom is -0.361 e. The van der Waals surface area contributed by atoms with Gasteiger partial charge in [0, 0.05) is 38.5 Å². The van der Waals surface area contributed by atoms with Gasteiger partial charge in [-0.15, -0.1) is 0 Å². The zero-order valence-corrected chi connectivity index (χ0v) is 23.8. The Labute approximate surface area is 247 Å². The van der Waals surface area contributed by atoms with Gasteiger partial charge in [0.2, 0.25) is 23.6 Å². The second kappa shape index (κ2) is 14.5. The van der Waals surface area contributed by atoms with Crippen LogP contribution >= 0.6 is 0 Å². The molecule has 14 heteroatoms. The molecule has 0 aliphatic carbocycles. The summed E-state index contributed by atoms with van der Waals surface area (Å²) in [6.07, 6.45) is 1.37. The average Bonchev–Trinajstić information content (AvgIpc) is 3.66. The summed E-state index contributed by atoms with van der Waals surface area (Å²) in [7, 11) is 0. The van der Waals surface area contributed by atoms with E-state index in [4.69, 9.17) is 4.52 Å². The highest BCUT2D eigenvalue weighted by Gasteiger charge is 2.33. The number of benzene rings is 1. The monoisotopic (exact) mass is 598 g/mol. The van der Waals surface area contributed by atoms with Crippen LogP contribution < -0.4 is 21.3 Å². The van der Waals surface area contributed by atoms with E-state index < -0.39 is 41.7 Å².